The fourth-order valence-corrected chi connectivity index (χ4v) is 5.04. The highest BCUT2D eigenvalue weighted by atomic mass is 35.5. The number of nitrogens with one attached hydrogen (secondary N) is 2. The first-order valence-electron chi connectivity index (χ1n) is 9.40. The molecule has 162 valence electrons. The Bertz CT molecular complexity index is 678. The smallest absolute Gasteiger partial charge is 0.409 e. The first-order chi connectivity index (χ1) is 12.3. The lowest BCUT2D eigenvalue weighted by Crippen LogP contribution is -2.41. The van der Waals surface area contributed by atoms with E-state index >= 15 is 0 Å². The Morgan fingerprint density at radius 3 is 1.96 bits per heavy atom. The van der Waals surface area contributed by atoms with Crippen LogP contribution in [-0.2, 0) is 10.6 Å². The Labute approximate surface area is 174 Å². The molecule has 0 heterocycles. The molecule has 1 rings (SSSR count). The van der Waals surface area contributed by atoms with Gasteiger partial charge in [-0.3, -0.25) is 0 Å². The Kier molecular flexibility index (Phi) is 7.90. The summed E-state index contributed by atoms with van der Waals surface area (Å²) in [5.74, 6) is 0. The molecule has 0 aromatic heterocycles. The van der Waals surface area contributed by atoms with Gasteiger partial charge in [-0.2, -0.15) is 13.2 Å². The molecule has 9 heteroatoms. The van der Waals surface area contributed by atoms with Crippen LogP contribution >= 0.6 is 11.6 Å². The molecule has 2 N–H and O–H groups in total. The summed E-state index contributed by atoms with van der Waals surface area (Å²) in [6.45, 7) is 18.3. The van der Waals surface area contributed by atoms with Crippen LogP contribution in [0.15, 0.2) is 12.1 Å². The van der Waals surface area contributed by atoms with E-state index in [1.165, 1.54) is 6.07 Å². The highest BCUT2D eigenvalue weighted by Gasteiger charge is 2.37. The third kappa shape index (κ3) is 8.86. The first-order valence-corrected chi connectivity index (χ1v) is 16.7. The fraction of sp³-hybridized carbons (Fsp3) is 0.684. The Morgan fingerprint density at radius 1 is 1.04 bits per heavy atom. The maximum absolute atomic E-state index is 13.8. The molecule has 1 aromatic rings. The van der Waals surface area contributed by atoms with Gasteiger partial charge in [0.1, 0.15) is 8.24 Å². The van der Waals surface area contributed by atoms with Gasteiger partial charge in [0.05, 0.1) is 22.4 Å². The van der Waals surface area contributed by atoms with Crippen LogP contribution < -0.4 is 10.3 Å². The second-order valence-corrected chi connectivity index (χ2v) is 19.8. The predicted octanol–water partition coefficient (Wildman–Crippen LogP) is 6.89. The number of alkyl halides is 3. The number of hydrogen-bond acceptors (Lipinski definition) is 3. The highest BCUT2D eigenvalue weighted by Crippen LogP contribution is 2.42. The molecule has 28 heavy (non-hydrogen) atoms. The van der Waals surface area contributed by atoms with Crippen LogP contribution in [0.1, 0.15) is 38.0 Å². The van der Waals surface area contributed by atoms with Crippen molar-refractivity contribution in [1.29, 1.82) is 0 Å². The molecule has 0 radical (unpaired) electrons. The Morgan fingerprint density at radius 2 is 1.57 bits per heavy atom. The van der Waals surface area contributed by atoms with Crippen molar-refractivity contribution in [2.75, 3.05) is 11.5 Å². The molecule has 0 amide bonds. The number of anilines is 1. The van der Waals surface area contributed by atoms with E-state index in [-0.39, 0.29) is 16.2 Å². The summed E-state index contributed by atoms with van der Waals surface area (Å²) in [5, 5.41) is 3.41. The van der Waals surface area contributed by atoms with Crippen LogP contribution in [0.3, 0.4) is 0 Å². The zero-order chi connectivity index (χ0) is 22.1. The molecule has 0 fully saturated rings. The molecular formula is C19H34ClF3N2OSi2. The Hall–Kier alpha value is -0.546. The minimum atomic E-state index is -4.51. The van der Waals surface area contributed by atoms with Gasteiger partial charge in [-0.05, 0) is 58.1 Å². The van der Waals surface area contributed by atoms with E-state index in [0.29, 0.717) is 12.1 Å². The van der Waals surface area contributed by atoms with E-state index in [1.54, 1.807) is 6.07 Å². The van der Waals surface area contributed by atoms with Gasteiger partial charge in [-0.25, -0.2) is 0 Å². The van der Waals surface area contributed by atoms with Gasteiger partial charge in [-0.15, -0.1) is 0 Å². The topological polar surface area (TPSA) is 33.3 Å². The summed E-state index contributed by atoms with van der Waals surface area (Å²) < 4.78 is 47.7. The highest BCUT2D eigenvalue weighted by molar-refractivity contribution is 6.79. The number of benzene rings is 1. The minimum Gasteiger partial charge on any atom is -0.409 e. The van der Waals surface area contributed by atoms with Crippen molar-refractivity contribution in [3.05, 3.63) is 28.3 Å². The lowest BCUT2D eigenvalue weighted by molar-refractivity contribution is -0.137. The van der Waals surface area contributed by atoms with Gasteiger partial charge in [-0.1, -0.05) is 31.2 Å². The quantitative estimate of drug-likeness (QED) is 0.440. The third-order valence-electron chi connectivity index (χ3n) is 3.60. The van der Waals surface area contributed by atoms with E-state index in [0.717, 1.165) is 0 Å². The molecule has 0 saturated carbocycles. The van der Waals surface area contributed by atoms with Crippen LogP contribution in [0.5, 0.6) is 0 Å². The second-order valence-electron chi connectivity index (χ2n) is 10.1. The van der Waals surface area contributed by atoms with Gasteiger partial charge < -0.3 is 14.7 Å². The van der Waals surface area contributed by atoms with Crippen molar-refractivity contribution in [2.45, 2.75) is 77.9 Å². The van der Waals surface area contributed by atoms with Crippen molar-refractivity contribution >= 4 is 33.8 Å². The molecule has 1 atom stereocenters. The van der Waals surface area contributed by atoms with Gasteiger partial charge in [0.2, 0.25) is 0 Å². The fourth-order valence-electron chi connectivity index (χ4n) is 2.59. The number of rotatable bonds is 7. The first kappa shape index (κ1) is 25.5. The molecule has 3 nitrogen and oxygen atoms in total. The minimum absolute atomic E-state index is 0.0346. The van der Waals surface area contributed by atoms with Gasteiger partial charge in [0, 0.05) is 12.1 Å². The average molecular weight is 455 g/mol. The summed E-state index contributed by atoms with van der Waals surface area (Å²) in [5.41, 5.74) is -0.514. The predicted molar refractivity (Wildman–Crippen MR) is 118 cm³/mol. The summed E-state index contributed by atoms with van der Waals surface area (Å²) in [6, 6.07) is 2.79. The molecule has 0 bridgehead atoms. The van der Waals surface area contributed by atoms with Crippen LogP contribution in [0.4, 0.5) is 18.9 Å². The van der Waals surface area contributed by atoms with Crippen LogP contribution in [0.2, 0.25) is 44.3 Å². The molecular weight excluding hydrogens is 421 g/mol. The lowest BCUT2D eigenvalue weighted by Gasteiger charge is -2.32. The lowest BCUT2D eigenvalue weighted by atomic mass is 10.0. The SMILES string of the molecule is CC(C)(C)NCC(O[Si](C)(C)C)c1cc(Cl)c(N[Si](C)(C)C)c(C(F)(F)F)c1. The maximum atomic E-state index is 13.8. The van der Waals surface area contributed by atoms with Crippen LogP contribution in [0.25, 0.3) is 0 Å². The van der Waals surface area contributed by atoms with E-state index in [2.05, 4.69) is 10.3 Å². The third-order valence-corrected chi connectivity index (χ3v) is 5.89. The molecule has 0 aliphatic rings. The number of halogens is 4. The van der Waals surface area contributed by atoms with Crippen molar-refractivity contribution in [3.63, 3.8) is 0 Å². The number of hydrogen-bond donors (Lipinski definition) is 2. The summed E-state index contributed by atoms with van der Waals surface area (Å²) in [7, 11) is -4.04. The van der Waals surface area contributed by atoms with Crippen molar-refractivity contribution < 1.29 is 17.6 Å². The van der Waals surface area contributed by atoms with E-state index in [4.69, 9.17) is 16.0 Å². The normalized spacial score (nSPS) is 14.9. The van der Waals surface area contributed by atoms with E-state index in [9.17, 15) is 13.2 Å². The monoisotopic (exact) mass is 454 g/mol. The molecule has 0 aliphatic carbocycles. The van der Waals surface area contributed by atoms with Gasteiger partial charge >= 0.3 is 6.18 Å². The summed E-state index contributed by atoms with van der Waals surface area (Å²) in [6.07, 6.45) is -5.02. The molecule has 0 aliphatic heterocycles. The summed E-state index contributed by atoms with van der Waals surface area (Å²) >= 11 is 6.35. The van der Waals surface area contributed by atoms with Crippen LogP contribution in [-0.4, -0.2) is 28.6 Å². The second kappa shape index (κ2) is 8.67. The van der Waals surface area contributed by atoms with Crippen molar-refractivity contribution in [3.8, 4) is 0 Å². The van der Waals surface area contributed by atoms with Crippen molar-refractivity contribution in [2.24, 2.45) is 0 Å². The van der Waals surface area contributed by atoms with E-state index in [1.807, 2.05) is 60.1 Å². The van der Waals surface area contributed by atoms with Crippen molar-refractivity contribution in [1.82, 2.24) is 5.32 Å². The zero-order valence-electron chi connectivity index (χ0n) is 18.4. The molecule has 0 saturated heterocycles. The average Bonchev–Trinajstić information content (AvgIpc) is 2.40. The maximum Gasteiger partial charge on any atom is 0.418 e. The van der Waals surface area contributed by atoms with E-state index < -0.39 is 34.4 Å². The standard InChI is InChI=1S/C19H34ClF3N2OSi2/c1-18(2,3)24-12-16(26-28(7,8)9)13-10-14(19(21,22)23)17(15(20)11-13)25-27(4,5)6/h10-11,16,24-25H,12H2,1-9H3. The molecule has 1 aromatic carbocycles. The van der Waals surface area contributed by atoms with Gasteiger partial charge in [0.25, 0.3) is 0 Å². The largest absolute Gasteiger partial charge is 0.418 e. The van der Waals surface area contributed by atoms with Gasteiger partial charge in [0.15, 0.2) is 8.32 Å². The molecule has 0 spiro atoms. The molecule has 1 unspecified atom stereocenters. The Balaban J connectivity index is 3.47. The zero-order valence-corrected chi connectivity index (χ0v) is 21.1. The summed E-state index contributed by atoms with van der Waals surface area (Å²) in [4.78, 5) is 3.03. The van der Waals surface area contributed by atoms with Crippen LogP contribution in [0, 0.1) is 0 Å².